The molecule has 39 heavy (non-hydrogen) atoms. The fourth-order valence-corrected chi connectivity index (χ4v) is 6.36. The van der Waals surface area contributed by atoms with Gasteiger partial charge in [-0.2, -0.15) is 0 Å². The molecule has 4 atom stereocenters. The van der Waals surface area contributed by atoms with Gasteiger partial charge in [0, 0.05) is 28.9 Å². The number of hydrogen-bond donors (Lipinski definition) is 3. The molecule has 10 heteroatoms. The molecule has 0 aliphatic carbocycles. The number of nitrogens with zero attached hydrogens (tertiary/aromatic N) is 1. The smallest absolute Gasteiger partial charge is 0.242 e. The predicted molar refractivity (Wildman–Crippen MR) is 150 cm³/mol. The normalized spacial score (nSPS) is 24.0. The molecule has 0 saturated carbocycles. The van der Waals surface area contributed by atoms with Gasteiger partial charge >= 0.3 is 0 Å². The average Bonchev–Trinajstić information content (AvgIpc) is 3.35. The van der Waals surface area contributed by atoms with Gasteiger partial charge in [-0.3, -0.25) is 14.6 Å². The molecule has 1 fully saturated rings. The minimum atomic E-state index is -1.33. The van der Waals surface area contributed by atoms with Crippen molar-refractivity contribution in [2.24, 2.45) is 5.41 Å². The van der Waals surface area contributed by atoms with Crippen LogP contribution in [0.2, 0.25) is 10.0 Å². The first kappa shape index (κ1) is 27.4. The van der Waals surface area contributed by atoms with E-state index in [0.29, 0.717) is 34.1 Å². The molecular formula is C29H29Cl2FN4O3. The number of fused-ring (bicyclic) bond motifs is 2. The van der Waals surface area contributed by atoms with E-state index in [9.17, 15) is 9.59 Å². The van der Waals surface area contributed by atoms with Crippen molar-refractivity contribution in [2.75, 3.05) is 17.7 Å². The van der Waals surface area contributed by atoms with Crippen LogP contribution in [0.3, 0.4) is 0 Å². The van der Waals surface area contributed by atoms with Crippen LogP contribution >= 0.6 is 23.2 Å². The van der Waals surface area contributed by atoms with Gasteiger partial charge in [0.25, 0.3) is 0 Å². The second kappa shape index (κ2) is 10.1. The third-order valence-electron chi connectivity index (χ3n) is 7.48. The van der Waals surface area contributed by atoms with E-state index in [-0.39, 0.29) is 21.9 Å². The third-order valence-corrected chi connectivity index (χ3v) is 8.01. The largest absolute Gasteiger partial charge is 0.493 e. The van der Waals surface area contributed by atoms with Crippen LogP contribution in [0.5, 0.6) is 5.75 Å². The summed E-state index contributed by atoms with van der Waals surface area (Å²) in [6, 6.07) is 9.91. The summed E-state index contributed by atoms with van der Waals surface area (Å²) in [5.41, 5.74) is 0.199. The van der Waals surface area contributed by atoms with Gasteiger partial charge < -0.3 is 20.7 Å². The van der Waals surface area contributed by atoms with Crippen LogP contribution in [-0.2, 0) is 15.0 Å². The van der Waals surface area contributed by atoms with Gasteiger partial charge in [-0.1, -0.05) is 62.2 Å². The summed E-state index contributed by atoms with van der Waals surface area (Å²) in [5.74, 6) is -2.03. The van der Waals surface area contributed by atoms with Crippen LogP contribution in [-0.4, -0.2) is 36.0 Å². The Morgan fingerprint density at radius 1 is 1.21 bits per heavy atom. The topological polar surface area (TPSA) is 92.3 Å². The lowest BCUT2D eigenvalue weighted by molar-refractivity contribution is -0.122. The van der Waals surface area contributed by atoms with E-state index < -0.39 is 35.1 Å². The molecule has 204 valence electrons. The molecule has 2 aliphatic heterocycles. The molecule has 0 unspecified atom stereocenters. The Morgan fingerprint density at radius 3 is 2.69 bits per heavy atom. The van der Waals surface area contributed by atoms with Crippen molar-refractivity contribution < 1.29 is 18.7 Å². The summed E-state index contributed by atoms with van der Waals surface area (Å²) in [6.07, 6.45) is 3.53. The average molecular weight is 571 g/mol. The second-order valence-electron chi connectivity index (χ2n) is 11.2. The van der Waals surface area contributed by atoms with Crippen molar-refractivity contribution in [2.45, 2.75) is 50.6 Å². The van der Waals surface area contributed by atoms with Gasteiger partial charge in [-0.15, -0.1) is 0 Å². The highest BCUT2D eigenvalue weighted by atomic mass is 35.5. The van der Waals surface area contributed by atoms with E-state index in [4.69, 9.17) is 27.9 Å². The number of benzene rings is 2. The molecule has 1 spiro atoms. The van der Waals surface area contributed by atoms with Gasteiger partial charge in [-0.25, -0.2) is 4.39 Å². The standard InChI is InChI=1S/C29H29Cl2FN4O3/c1-28(2,3)13-22-29(17-9-8-15(30)12-20(17)35-27(29)38)23(16-6-5-7-18(31)24(16)32)25(36-22)26(37)34-19-10-11-33-14-21(19)39-4/h5-12,14,22-23,25,36H,13H2,1-4H3,(H,35,38)(H,33,34,37)/t22-,23-,25+,29+/m0/s1. The van der Waals surface area contributed by atoms with Crippen LogP contribution < -0.4 is 20.7 Å². The van der Waals surface area contributed by atoms with Crippen molar-refractivity contribution in [3.05, 3.63) is 81.8 Å². The fourth-order valence-electron chi connectivity index (χ4n) is 6.01. The zero-order valence-corrected chi connectivity index (χ0v) is 23.5. The van der Waals surface area contributed by atoms with Crippen molar-refractivity contribution in [3.8, 4) is 5.75 Å². The molecule has 1 saturated heterocycles. The van der Waals surface area contributed by atoms with E-state index in [1.807, 2.05) is 0 Å². The molecule has 1 aromatic heterocycles. The van der Waals surface area contributed by atoms with Crippen LogP contribution in [0.1, 0.15) is 44.2 Å². The van der Waals surface area contributed by atoms with Gasteiger partial charge in [0.15, 0.2) is 5.75 Å². The van der Waals surface area contributed by atoms with Crippen LogP contribution in [0.4, 0.5) is 15.8 Å². The Hall–Kier alpha value is -3.20. The van der Waals surface area contributed by atoms with Crippen molar-refractivity contribution in [3.63, 3.8) is 0 Å². The van der Waals surface area contributed by atoms with Crippen molar-refractivity contribution in [1.82, 2.24) is 10.3 Å². The van der Waals surface area contributed by atoms with Crippen molar-refractivity contribution in [1.29, 1.82) is 0 Å². The minimum Gasteiger partial charge on any atom is -0.493 e. The quantitative estimate of drug-likeness (QED) is 0.354. The van der Waals surface area contributed by atoms with E-state index in [2.05, 4.69) is 41.7 Å². The number of methoxy groups -OCH3 is 1. The Morgan fingerprint density at radius 2 is 1.97 bits per heavy atom. The summed E-state index contributed by atoms with van der Waals surface area (Å²) in [7, 11) is 1.48. The van der Waals surface area contributed by atoms with Crippen LogP contribution in [0, 0.1) is 11.2 Å². The lowest BCUT2D eigenvalue weighted by Crippen LogP contribution is -2.49. The third kappa shape index (κ3) is 4.64. The summed E-state index contributed by atoms with van der Waals surface area (Å²) in [5, 5.41) is 9.68. The minimum absolute atomic E-state index is 0.0911. The number of anilines is 2. The number of amides is 2. The highest BCUT2D eigenvalue weighted by Crippen LogP contribution is 2.57. The van der Waals surface area contributed by atoms with Gasteiger partial charge in [0.1, 0.15) is 11.2 Å². The molecule has 0 bridgehead atoms. The summed E-state index contributed by atoms with van der Waals surface area (Å²) in [4.78, 5) is 32.2. The number of aromatic nitrogens is 1. The number of rotatable bonds is 5. The fraction of sp³-hybridized carbons (Fsp3) is 0.345. The van der Waals surface area contributed by atoms with Gasteiger partial charge in [0.05, 0.1) is 30.1 Å². The number of halogens is 3. The predicted octanol–water partition coefficient (Wildman–Crippen LogP) is 5.93. The summed E-state index contributed by atoms with van der Waals surface area (Å²) in [6.45, 7) is 6.17. The molecule has 3 aromatic rings. The number of carbonyl (C=O) groups is 2. The number of pyridine rings is 1. The molecule has 2 amide bonds. The van der Waals surface area contributed by atoms with E-state index in [0.717, 1.165) is 0 Å². The number of nitrogens with one attached hydrogen (secondary N) is 3. The number of carbonyl (C=O) groups excluding carboxylic acids is 2. The first-order valence-electron chi connectivity index (χ1n) is 12.6. The maximum atomic E-state index is 15.8. The second-order valence-corrected chi connectivity index (χ2v) is 12.0. The highest BCUT2D eigenvalue weighted by molar-refractivity contribution is 6.31. The number of ether oxygens (including phenoxy) is 1. The van der Waals surface area contributed by atoms with Crippen LogP contribution in [0.25, 0.3) is 0 Å². The molecule has 0 radical (unpaired) electrons. The Labute approximate surface area is 236 Å². The summed E-state index contributed by atoms with van der Waals surface area (Å²) >= 11 is 12.5. The zero-order chi connectivity index (χ0) is 28.1. The molecule has 3 heterocycles. The molecule has 2 aliphatic rings. The Bertz CT molecular complexity index is 1460. The van der Waals surface area contributed by atoms with Gasteiger partial charge in [-0.05, 0) is 47.2 Å². The Kier molecular flexibility index (Phi) is 7.07. The molecule has 2 aromatic carbocycles. The maximum Gasteiger partial charge on any atom is 0.242 e. The molecule has 3 N–H and O–H groups in total. The van der Waals surface area contributed by atoms with Gasteiger partial charge in [0.2, 0.25) is 11.8 Å². The highest BCUT2D eigenvalue weighted by Gasteiger charge is 2.66. The van der Waals surface area contributed by atoms with E-state index in [1.165, 1.54) is 25.6 Å². The molecule has 5 rings (SSSR count). The monoisotopic (exact) mass is 570 g/mol. The lowest BCUT2D eigenvalue weighted by Gasteiger charge is -2.37. The lowest BCUT2D eigenvalue weighted by atomic mass is 9.62. The maximum absolute atomic E-state index is 15.8. The first-order chi connectivity index (χ1) is 18.5. The molecule has 7 nitrogen and oxygen atoms in total. The SMILES string of the molecule is COc1cnccc1NC(=O)[C@@H]1N[C@@H](CC(C)(C)C)[C@@]2(C(=O)Nc3cc(Cl)ccc32)[C@H]1c1cccc(Cl)c1F. The first-order valence-corrected chi connectivity index (χ1v) is 13.3. The number of hydrogen-bond acceptors (Lipinski definition) is 5. The van der Waals surface area contributed by atoms with E-state index >= 15 is 4.39 Å². The van der Waals surface area contributed by atoms with E-state index in [1.54, 1.807) is 36.4 Å². The van der Waals surface area contributed by atoms with Crippen LogP contribution in [0.15, 0.2) is 54.9 Å². The van der Waals surface area contributed by atoms with Crippen molar-refractivity contribution >= 4 is 46.4 Å². The summed E-state index contributed by atoms with van der Waals surface area (Å²) < 4.78 is 21.2. The molecular weight excluding hydrogens is 542 g/mol. The Balaban J connectivity index is 1.73. The zero-order valence-electron chi connectivity index (χ0n) is 21.9.